The van der Waals surface area contributed by atoms with E-state index in [-0.39, 0.29) is 5.97 Å². The molecule has 1 aromatic carbocycles. The highest BCUT2D eigenvalue weighted by Crippen LogP contribution is 2.22. The average Bonchev–Trinajstić information content (AvgIpc) is 2.78. The molecule has 0 amide bonds. The largest absolute Gasteiger partial charge is 0.465 e. The molecule has 0 atom stereocenters. The molecule has 0 N–H and O–H groups in total. The van der Waals surface area contributed by atoms with Crippen molar-refractivity contribution in [3.8, 4) is 0 Å². The highest BCUT2D eigenvalue weighted by atomic mass is 16.5. The quantitative estimate of drug-likeness (QED) is 0.458. The van der Waals surface area contributed by atoms with Crippen molar-refractivity contribution in [2.45, 2.75) is 19.4 Å². The number of nitrogens with zero attached hydrogens (tertiary/aromatic N) is 1. The van der Waals surface area contributed by atoms with E-state index in [1.165, 1.54) is 7.11 Å². The molecule has 3 nitrogen and oxygen atoms in total. The van der Waals surface area contributed by atoms with Crippen LogP contribution in [0.4, 0.5) is 0 Å². The summed E-state index contributed by atoms with van der Waals surface area (Å²) in [7, 11) is 1.41. The van der Waals surface area contributed by atoms with E-state index < -0.39 is 0 Å². The van der Waals surface area contributed by atoms with Gasteiger partial charge in [-0.1, -0.05) is 24.3 Å². The lowest BCUT2D eigenvalue weighted by Gasteiger charge is -2.03. The minimum atomic E-state index is -0.284. The SMILES string of the molecule is C=CCCCn1cc(C(=O)OC)c2ccccc21. The Morgan fingerprint density at radius 1 is 1.44 bits per heavy atom. The maximum absolute atomic E-state index is 11.7. The third kappa shape index (κ3) is 2.30. The van der Waals surface area contributed by atoms with E-state index in [0.29, 0.717) is 5.56 Å². The topological polar surface area (TPSA) is 31.2 Å². The van der Waals surface area contributed by atoms with Crippen LogP contribution < -0.4 is 0 Å². The second kappa shape index (κ2) is 5.54. The van der Waals surface area contributed by atoms with Crippen LogP contribution in [-0.4, -0.2) is 17.6 Å². The molecule has 1 heterocycles. The number of ether oxygens (including phenoxy) is 1. The number of aryl methyl sites for hydroxylation is 1. The van der Waals surface area contributed by atoms with E-state index in [0.717, 1.165) is 30.3 Å². The van der Waals surface area contributed by atoms with Gasteiger partial charge in [0.1, 0.15) is 0 Å². The van der Waals surface area contributed by atoms with Crippen LogP contribution in [0, 0.1) is 0 Å². The van der Waals surface area contributed by atoms with Gasteiger partial charge in [0, 0.05) is 23.6 Å². The Morgan fingerprint density at radius 3 is 2.94 bits per heavy atom. The van der Waals surface area contributed by atoms with Gasteiger partial charge in [0.25, 0.3) is 0 Å². The van der Waals surface area contributed by atoms with Crippen molar-refractivity contribution in [2.24, 2.45) is 0 Å². The smallest absolute Gasteiger partial charge is 0.340 e. The zero-order valence-electron chi connectivity index (χ0n) is 10.6. The molecule has 0 saturated carbocycles. The van der Waals surface area contributed by atoms with Crippen LogP contribution >= 0.6 is 0 Å². The summed E-state index contributed by atoms with van der Waals surface area (Å²) in [5, 5.41) is 0.947. The molecule has 3 heteroatoms. The molecule has 0 aliphatic rings. The number of aromatic nitrogens is 1. The summed E-state index contributed by atoms with van der Waals surface area (Å²) in [6.45, 7) is 4.60. The second-order valence-electron chi connectivity index (χ2n) is 4.18. The van der Waals surface area contributed by atoms with Crippen LogP contribution in [0.1, 0.15) is 23.2 Å². The van der Waals surface area contributed by atoms with Gasteiger partial charge in [0.05, 0.1) is 12.7 Å². The van der Waals surface area contributed by atoms with Crippen molar-refractivity contribution in [1.29, 1.82) is 0 Å². The lowest BCUT2D eigenvalue weighted by atomic mass is 10.2. The second-order valence-corrected chi connectivity index (χ2v) is 4.18. The zero-order chi connectivity index (χ0) is 13.0. The van der Waals surface area contributed by atoms with Crippen LogP contribution in [0.2, 0.25) is 0 Å². The molecule has 0 aliphatic heterocycles. The van der Waals surface area contributed by atoms with Gasteiger partial charge >= 0.3 is 5.97 Å². The normalized spacial score (nSPS) is 10.5. The Kier molecular flexibility index (Phi) is 3.82. The van der Waals surface area contributed by atoms with Gasteiger partial charge in [-0.15, -0.1) is 6.58 Å². The summed E-state index contributed by atoms with van der Waals surface area (Å²) in [5.41, 5.74) is 1.70. The summed E-state index contributed by atoms with van der Waals surface area (Å²) in [6.07, 6.45) is 5.77. The Morgan fingerprint density at radius 2 is 2.22 bits per heavy atom. The predicted molar refractivity (Wildman–Crippen MR) is 72.7 cm³/mol. The minimum absolute atomic E-state index is 0.284. The lowest BCUT2D eigenvalue weighted by Crippen LogP contribution is -2.00. The maximum Gasteiger partial charge on any atom is 0.340 e. The molecule has 1 aromatic heterocycles. The highest BCUT2D eigenvalue weighted by Gasteiger charge is 2.14. The third-order valence-electron chi connectivity index (χ3n) is 3.00. The average molecular weight is 243 g/mol. The van der Waals surface area contributed by atoms with Gasteiger partial charge in [0.2, 0.25) is 0 Å². The first-order valence-corrected chi connectivity index (χ1v) is 6.05. The third-order valence-corrected chi connectivity index (χ3v) is 3.00. The summed E-state index contributed by atoms with van der Waals surface area (Å²) >= 11 is 0. The molecule has 2 rings (SSSR count). The first kappa shape index (κ1) is 12.4. The Bertz CT molecular complexity index is 569. The van der Waals surface area contributed by atoms with Crippen LogP contribution in [0.3, 0.4) is 0 Å². The molecular weight excluding hydrogens is 226 g/mol. The number of methoxy groups -OCH3 is 1. The first-order valence-electron chi connectivity index (χ1n) is 6.05. The number of carbonyl (C=O) groups is 1. The number of esters is 1. The van der Waals surface area contributed by atoms with E-state index >= 15 is 0 Å². The molecule has 0 fully saturated rings. The Balaban J connectivity index is 2.40. The van der Waals surface area contributed by atoms with Crippen LogP contribution in [0.5, 0.6) is 0 Å². The maximum atomic E-state index is 11.7. The monoisotopic (exact) mass is 243 g/mol. The summed E-state index contributed by atoms with van der Waals surface area (Å²) in [6, 6.07) is 7.89. The molecule has 0 spiro atoms. The number of carbonyl (C=O) groups excluding carboxylic acids is 1. The predicted octanol–water partition coefficient (Wildman–Crippen LogP) is 3.39. The lowest BCUT2D eigenvalue weighted by molar-refractivity contribution is 0.0602. The number of hydrogen-bond donors (Lipinski definition) is 0. The number of allylic oxidation sites excluding steroid dienone is 1. The van der Waals surface area contributed by atoms with E-state index in [2.05, 4.69) is 11.1 Å². The fourth-order valence-electron chi connectivity index (χ4n) is 2.11. The number of para-hydroxylation sites is 1. The molecular formula is C15H17NO2. The molecule has 0 radical (unpaired) electrons. The zero-order valence-corrected chi connectivity index (χ0v) is 10.6. The van der Waals surface area contributed by atoms with Crippen molar-refractivity contribution < 1.29 is 9.53 Å². The molecule has 0 unspecified atom stereocenters. The fraction of sp³-hybridized carbons (Fsp3) is 0.267. The van der Waals surface area contributed by atoms with Gasteiger partial charge in [0.15, 0.2) is 0 Å². The van der Waals surface area contributed by atoms with Crippen molar-refractivity contribution in [3.05, 3.63) is 48.7 Å². The van der Waals surface area contributed by atoms with Gasteiger partial charge in [-0.2, -0.15) is 0 Å². The molecule has 0 aliphatic carbocycles. The van der Waals surface area contributed by atoms with E-state index in [9.17, 15) is 4.79 Å². The highest BCUT2D eigenvalue weighted by molar-refractivity contribution is 6.04. The van der Waals surface area contributed by atoms with E-state index in [4.69, 9.17) is 4.74 Å². The molecule has 0 bridgehead atoms. The fourth-order valence-corrected chi connectivity index (χ4v) is 2.11. The number of hydrogen-bond acceptors (Lipinski definition) is 2. The van der Waals surface area contributed by atoms with Crippen LogP contribution in [0.25, 0.3) is 10.9 Å². The van der Waals surface area contributed by atoms with Gasteiger partial charge in [-0.05, 0) is 18.9 Å². The number of benzene rings is 1. The molecule has 18 heavy (non-hydrogen) atoms. The number of rotatable bonds is 5. The Labute approximate surface area is 107 Å². The summed E-state index contributed by atoms with van der Waals surface area (Å²) < 4.78 is 6.92. The number of fused-ring (bicyclic) bond motifs is 1. The Hall–Kier alpha value is -2.03. The molecule has 2 aromatic rings. The van der Waals surface area contributed by atoms with Crippen molar-refractivity contribution in [2.75, 3.05) is 7.11 Å². The number of unbranched alkanes of at least 4 members (excludes halogenated alkanes) is 1. The van der Waals surface area contributed by atoms with Crippen molar-refractivity contribution >= 4 is 16.9 Å². The van der Waals surface area contributed by atoms with Gasteiger partial charge in [-0.3, -0.25) is 0 Å². The van der Waals surface area contributed by atoms with Gasteiger partial charge in [-0.25, -0.2) is 4.79 Å². The van der Waals surface area contributed by atoms with E-state index in [1.54, 1.807) is 0 Å². The summed E-state index contributed by atoms with van der Waals surface area (Å²) in [4.78, 5) is 11.7. The van der Waals surface area contributed by atoms with Crippen molar-refractivity contribution in [1.82, 2.24) is 4.57 Å². The van der Waals surface area contributed by atoms with Crippen LogP contribution in [-0.2, 0) is 11.3 Å². The summed E-state index contributed by atoms with van der Waals surface area (Å²) in [5.74, 6) is -0.284. The first-order chi connectivity index (χ1) is 8.77. The van der Waals surface area contributed by atoms with Crippen LogP contribution in [0.15, 0.2) is 43.1 Å². The van der Waals surface area contributed by atoms with Gasteiger partial charge < -0.3 is 9.30 Å². The van der Waals surface area contributed by atoms with E-state index in [1.807, 2.05) is 36.5 Å². The standard InChI is InChI=1S/C15H17NO2/c1-3-4-7-10-16-11-13(15(17)18-2)12-8-5-6-9-14(12)16/h3,5-6,8-9,11H,1,4,7,10H2,2H3. The minimum Gasteiger partial charge on any atom is -0.465 e. The van der Waals surface area contributed by atoms with Crippen molar-refractivity contribution in [3.63, 3.8) is 0 Å². The molecule has 94 valence electrons. The molecule has 0 saturated heterocycles.